The number of ether oxygens (including phenoxy) is 4. The number of imidazole rings is 1. The molecule has 1 aromatic heterocycles. The van der Waals surface area contributed by atoms with Crippen LogP contribution in [-0.2, 0) is 22.6 Å². The van der Waals surface area contributed by atoms with Crippen LogP contribution in [0.5, 0.6) is 17.2 Å². The molecule has 210 valence electrons. The molecule has 1 aliphatic rings. The highest BCUT2D eigenvalue weighted by atomic mass is 16.5. The van der Waals surface area contributed by atoms with Crippen LogP contribution in [0.3, 0.4) is 0 Å². The van der Waals surface area contributed by atoms with E-state index < -0.39 is 5.60 Å². The van der Waals surface area contributed by atoms with Gasteiger partial charge < -0.3 is 33.5 Å². The molecule has 10 nitrogen and oxygen atoms in total. The fraction of sp³-hybridized carbons (Fsp3) is 0.448. The number of hydrogen-bond acceptors (Lipinski definition) is 8. The smallest absolute Gasteiger partial charge is 0.248 e. The molecule has 0 spiro atoms. The Labute approximate surface area is 229 Å². The van der Waals surface area contributed by atoms with Crippen LogP contribution in [0.2, 0.25) is 0 Å². The minimum Gasteiger partial charge on any atom is -0.493 e. The van der Waals surface area contributed by atoms with E-state index >= 15 is 0 Å². The summed E-state index contributed by atoms with van der Waals surface area (Å²) in [7, 11) is 3.12. The number of hydrogen-bond donors (Lipinski definition) is 1. The first-order chi connectivity index (χ1) is 19.0. The lowest BCUT2D eigenvalue weighted by Crippen LogP contribution is -2.52. The van der Waals surface area contributed by atoms with Gasteiger partial charge in [-0.2, -0.15) is 0 Å². The van der Waals surface area contributed by atoms with Crippen molar-refractivity contribution < 1.29 is 28.8 Å². The van der Waals surface area contributed by atoms with Crippen molar-refractivity contribution >= 4 is 5.91 Å². The monoisotopic (exact) mass is 538 g/mol. The number of aryl methyl sites for hydroxylation is 1. The molecule has 0 bridgehead atoms. The van der Waals surface area contributed by atoms with Crippen molar-refractivity contribution in [2.24, 2.45) is 0 Å². The van der Waals surface area contributed by atoms with Gasteiger partial charge in [0.05, 0.1) is 26.6 Å². The van der Waals surface area contributed by atoms with Crippen molar-refractivity contribution in [2.45, 2.75) is 25.1 Å². The van der Waals surface area contributed by atoms with Gasteiger partial charge in [-0.05, 0) is 36.2 Å². The van der Waals surface area contributed by atoms with Crippen LogP contribution < -0.4 is 14.2 Å². The average molecular weight is 539 g/mol. The highest BCUT2D eigenvalue weighted by Gasteiger charge is 2.37. The number of methoxy groups -OCH3 is 2. The lowest BCUT2D eigenvalue weighted by atomic mass is 10.0. The molecule has 2 aromatic carbocycles. The first-order valence-electron chi connectivity index (χ1n) is 13.1. The van der Waals surface area contributed by atoms with Crippen molar-refractivity contribution in [1.82, 2.24) is 19.4 Å². The Morgan fingerprint density at radius 2 is 1.90 bits per heavy atom. The van der Waals surface area contributed by atoms with Crippen LogP contribution >= 0.6 is 0 Å². The third-order valence-electron chi connectivity index (χ3n) is 6.57. The summed E-state index contributed by atoms with van der Waals surface area (Å²) in [5.74, 6) is 1.85. The Hall–Kier alpha value is -3.60. The first kappa shape index (κ1) is 28.4. The summed E-state index contributed by atoms with van der Waals surface area (Å²) in [6.45, 7) is 3.55. The van der Waals surface area contributed by atoms with Crippen LogP contribution in [0.25, 0.3) is 0 Å². The zero-order valence-electron chi connectivity index (χ0n) is 22.7. The van der Waals surface area contributed by atoms with Crippen LogP contribution in [0, 0.1) is 0 Å². The highest BCUT2D eigenvalue weighted by molar-refractivity contribution is 5.77. The molecule has 0 radical (unpaired) electrons. The maximum Gasteiger partial charge on any atom is 0.248 e. The number of nitrogens with zero attached hydrogens (tertiary/aromatic N) is 4. The molecule has 10 heteroatoms. The number of carbonyl (C=O) groups excluding carboxylic acids is 1. The van der Waals surface area contributed by atoms with Gasteiger partial charge in [0, 0.05) is 52.2 Å². The van der Waals surface area contributed by atoms with Gasteiger partial charge in [-0.1, -0.05) is 24.3 Å². The standard InChI is InChI=1S/C29H38N4O6/c1-36-19-28(34)33-15-14-32(20-29(35,21-33)22-39-25-7-4-3-5-8-25)18-24-9-10-26(27(17-24)37-2)38-16-6-12-31-13-11-30-23-31/h3-5,7-11,13,17,23,35H,6,12,14-16,18-22H2,1-2H3/t29-/m1/s1. The third-order valence-corrected chi connectivity index (χ3v) is 6.57. The molecule has 1 aliphatic heterocycles. The van der Waals surface area contributed by atoms with Gasteiger partial charge >= 0.3 is 0 Å². The zero-order valence-corrected chi connectivity index (χ0v) is 22.7. The van der Waals surface area contributed by atoms with Crippen LogP contribution in [0.15, 0.2) is 67.3 Å². The SMILES string of the molecule is COCC(=O)N1CCN(Cc2ccc(OCCCn3ccnc3)c(OC)c2)C[C@](O)(COc2ccccc2)C1. The second-order valence-corrected chi connectivity index (χ2v) is 9.77. The molecule has 1 amide bonds. The Morgan fingerprint density at radius 3 is 2.64 bits per heavy atom. The molecule has 1 saturated heterocycles. The van der Waals surface area contributed by atoms with Crippen LogP contribution in [0.4, 0.5) is 0 Å². The first-order valence-corrected chi connectivity index (χ1v) is 13.1. The predicted octanol–water partition coefficient (Wildman–Crippen LogP) is 2.46. The second kappa shape index (κ2) is 14.0. The van der Waals surface area contributed by atoms with Crippen molar-refractivity contribution in [2.75, 3.05) is 60.2 Å². The number of benzene rings is 2. The topological polar surface area (TPSA) is 98.5 Å². The van der Waals surface area contributed by atoms with Gasteiger partial charge in [0.25, 0.3) is 0 Å². The minimum atomic E-state index is -1.27. The molecule has 1 atom stereocenters. The quantitative estimate of drug-likeness (QED) is 0.332. The van der Waals surface area contributed by atoms with Crippen LogP contribution in [-0.4, -0.2) is 96.2 Å². The van der Waals surface area contributed by atoms with E-state index in [1.54, 1.807) is 24.5 Å². The molecular weight excluding hydrogens is 500 g/mol. The van der Waals surface area contributed by atoms with E-state index in [0.29, 0.717) is 50.0 Å². The van der Waals surface area contributed by atoms with Gasteiger partial charge in [-0.15, -0.1) is 0 Å². The fourth-order valence-electron chi connectivity index (χ4n) is 4.67. The highest BCUT2D eigenvalue weighted by Crippen LogP contribution is 2.29. The van der Waals surface area contributed by atoms with Crippen molar-refractivity contribution in [3.63, 3.8) is 0 Å². The zero-order chi connectivity index (χ0) is 27.5. The van der Waals surface area contributed by atoms with E-state index in [0.717, 1.165) is 18.5 Å². The second-order valence-electron chi connectivity index (χ2n) is 9.77. The van der Waals surface area contributed by atoms with Crippen molar-refractivity contribution in [3.05, 3.63) is 72.8 Å². The molecule has 39 heavy (non-hydrogen) atoms. The molecule has 0 saturated carbocycles. The summed E-state index contributed by atoms with van der Waals surface area (Å²) in [5, 5.41) is 11.6. The maximum atomic E-state index is 12.7. The van der Waals surface area contributed by atoms with E-state index in [9.17, 15) is 9.90 Å². The van der Waals surface area contributed by atoms with Gasteiger partial charge in [-0.3, -0.25) is 9.69 Å². The van der Waals surface area contributed by atoms with E-state index in [4.69, 9.17) is 18.9 Å². The Balaban J connectivity index is 1.40. The van der Waals surface area contributed by atoms with E-state index in [2.05, 4.69) is 9.88 Å². The van der Waals surface area contributed by atoms with Gasteiger partial charge in [0.1, 0.15) is 24.6 Å². The average Bonchev–Trinajstić information content (AvgIpc) is 3.41. The number of rotatable bonds is 13. The van der Waals surface area contributed by atoms with Gasteiger partial charge in [0.15, 0.2) is 11.5 Å². The normalized spacial score (nSPS) is 18.0. The molecular formula is C29H38N4O6. The van der Waals surface area contributed by atoms with Crippen molar-refractivity contribution in [1.29, 1.82) is 0 Å². The Bertz CT molecular complexity index is 1160. The predicted molar refractivity (Wildman–Crippen MR) is 146 cm³/mol. The van der Waals surface area contributed by atoms with E-state index in [-0.39, 0.29) is 25.7 Å². The number of aromatic nitrogens is 2. The van der Waals surface area contributed by atoms with E-state index in [1.165, 1.54) is 7.11 Å². The largest absolute Gasteiger partial charge is 0.493 e. The van der Waals surface area contributed by atoms with Gasteiger partial charge in [0.2, 0.25) is 5.91 Å². The molecule has 0 aliphatic carbocycles. The number of amides is 1. The lowest BCUT2D eigenvalue weighted by molar-refractivity contribution is -0.138. The molecule has 1 N–H and O–H groups in total. The summed E-state index contributed by atoms with van der Waals surface area (Å²) >= 11 is 0. The molecule has 4 rings (SSSR count). The maximum absolute atomic E-state index is 12.7. The third kappa shape index (κ3) is 8.44. The molecule has 2 heterocycles. The van der Waals surface area contributed by atoms with Crippen molar-refractivity contribution in [3.8, 4) is 17.2 Å². The number of β-amino-alcohol motifs (C(OH)–C–C–N with tert-alkyl or cyclic N) is 1. The number of para-hydroxylation sites is 1. The molecule has 1 fully saturated rings. The van der Waals surface area contributed by atoms with Crippen LogP contribution in [0.1, 0.15) is 12.0 Å². The summed E-state index contributed by atoms with van der Waals surface area (Å²) in [4.78, 5) is 20.5. The number of aliphatic hydroxyl groups is 1. The fourth-order valence-corrected chi connectivity index (χ4v) is 4.67. The molecule has 3 aromatic rings. The molecule has 0 unspecified atom stereocenters. The summed E-state index contributed by atoms with van der Waals surface area (Å²) in [6.07, 6.45) is 6.33. The Morgan fingerprint density at radius 1 is 1.05 bits per heavy atom. The Kier molecular flexibility index (Phi) is 10.2. The lowest BCUT2D eigenvalue weighted by Gasteiger charge is -2.33. The van der Waals surface area contributed by atoms with Gasteiger partial charge in [-0.25, -0.2) is 4.98 Å². The minimum absolute atomic E-state index is 0.0311. The summed E-state index contributed by atoms with van der Waals surface area (Å²) < 4.78 is 24.6. The summed E-state index contributed by atoms with van der Waals surface area (Å²) in [6, 6.07) is 15.3. The number of carbonyl (C=O) groups is 1. The van der Waals surface area contributed by atoms with E-state index in [1.807, 2.05) is 59.3 Å². The summed E-state index contributed by atoms with van der Waals surface area (Å²) in [5.41, 5.74) is -0.251.